The predicted octanol–water partition coefficient (Wildman–Crippen LogP) is 3.92. The number of aromatic nitrogens is 2. The van der Waals surface area contributed by atoms with Crippen LogP contribution >= 0.6 is 11.6 Å². The van der Waals surface area contributed by atoms with E-state index < -0.39 is 0 Å². The summed E-state index contributed by atoms with van der Waals surface area (Å²) in [6.07, 6.45) is 2.98. The monoisotopic (exact) mass is 382 g/mol. The second-order valence-corrected chi connectivity index (χ2v) is 7.01. The summed E-state index contributed by atoms with van der Waals surface area (Å²) in [6.45, 7) is 1.17. The molecular formula is C20H19ClN4O2. The van der Waals surface area contributed by atoms with Gasteiger partial charge in [-0.1, -0.05) is 35.9 Å². The first-order valence-corrected chi connectivity index (χ1v) is 9.27. The van der Waals surface area contributed by atoms with Crippen LogP contribution in [0.15, 0.2) is 59.7 Å². The average molecular weight is 383 g/mol. The molecular weight excluding hydrogens is 364 g/mol. The number of hydrogen-bond acceptors (Lipinski definition) is 3. The second-order valence-electron chi connectivity index (χ2n) is 6.61. The van der Waals surface area contributed by atoms with Crippen molar-refractivity contribution in [2.24, 2.45) is 0 Å². The molecule has 1 saturated heterocycles. The Hall–Kier alpha value is -2.86. The lowest BCUT2D eigenvalue weighted by atomic mass is 10.0. The number of piperidine rings is 1. The van der Waals surface area contributed by atoms with E-state index in [2.05, 4.69) is 10.3 Å². The molecule has 2 heterocycles. The molecule has 1 aromatic heterocycles. The molecule has 27 heavy (non-hydrogen) atoms. The lowest BCUT2D eigenvalue weighted by Gasteiger charge is -2.32. The molecule has 0 saturated carbocycles. The topological polar surface area (TPSA) is 67.2 Å². The van der Waals surface area contributed by atoms with Crippen molar-refractivity contribution >= 4 is 34.2 Å². The molecule has 0 spiro atoms. The Labute approximate surface area is 161 Å². The molecule has 2 amide bonds. The van der Waals surface area contributed by atoms with Crippen LogP contribution < -0.4 is 10.9 Å². The molecule has 0 radical (unpaired) electrons. The summed E-state index contributed by atoms with van der Waals surface area (Å²) < 4.78 is 1.67. The first-order valence-electron chi connectivity index (χ1n) is 8.90. The number of carbonyl (C=O) groups excluding carboxylic acids is 1. The lowest BCUT2D eigenvalue weighted by molar-refractivity contribution is 0.182. The molecule has 1 fully saturated rings. The number of benzene rings is 2. The van der Waals surface area contributed by atoms with Crippen LogP contribution in [0.4, 0.5) is 10.5 Å². The van der Waals surface area contributed by atoms with Gasteiger partial charge < -0.3 is 10.2 Å². The summed E-state index contributed by atoms with van der Waals surface area (Å²) in [5.74, 6) is 0. The fourth-order valence-corrected chi connectivity index (χ4v) is 3.69. The Kier molecular flexibility index (Phi) is 4.81. The summed E-state index contributed by atoms with van der Waals surface area (Å²) >= 11 is 6.13. The van der Waals surface area contributed by atoms with Crippen molar-refractivity contribution in [1.29, 1.82) is 0 Å². The molecule has 0 bridgehead atoms. The first kappa shape index (κ1) is 17.5. The Morgan fingerprint density at radius 1 is 1.07 bits per heavy atom. The van der Waals surface area contributed by atoms with Crippen molar-refractivity contribution < 1.29 is 4.79 Å². The van der Waals surface area contributed by atoms with Crippen LogP contribution in [-0.4, -0.2) is 33.6 Å². The van der Waals surface area contributed by atoms with E-state index in [0.29, 0.717) is 41.9 Å². The van der Waals surface area contributed by atoms with Gasteiger partial charge in [0.15, 0.2) is 0 Å². The smallest absolute Gasteiger partial charge is 0.321 e. The number of urea groups is 1. The van der Waals surface area contributed by atoms with Crippen molar-refractivity contribution in [2.75, 3.05) is 18.4 Å². The van der Waals surface area contributed by atoms with Crippen LogP contribution in [0.2, 0.25) is 5.02 Å². The number of hydrogen-bond donors (Lipinski definition) is 1. The van der Waals surface area contributed by atoms with Gasteiger partial charge in [-0.3, -0.25) is 9.36 Å². The van der Waals surface area contributed by atoms with Crippen molar-refractivity contribution in [2.45, 2.75) is 18.9 Å². The molecule has 0 unspecified atom stereocenters. The van der Waals surface area contributed by atoms with E-state index in [0.717, 1.165) is 5.69 Å². The van der Waals surface area contributed by atoms with Crippen molar-refractivity contribution in [3.63, 3.8) is 0 Å². The zero-order chi connectivity index (χ0) is 18.8. The highest BCUT2D eigenvalue weighted by Crippen LogP contribution is 2.24. The van der Waals surface area contributed by atoms with Gasteiger partial charge in [-0.15, -0.1) is 0 Å². The molecule has 6 nitrogen and oxygen atoms in total. The maximum atomic E-state index is 12.8. The number of halogens is 1. The number of nitrogens with zero attached hydrogens (tertiary/aromatic N) is 3. The Morgan fingerprint density at radius 2 is 1.81 bits per heavy atom. The third-order valence-corrected chi connectivity index (χ3v) is 5.24. The standard InChI is InChI=1S/C20H19ClN4O2/c21-17-8-4-7-16-18(17)22-13-25(19(16)26)15-9-11-24(12-10-15)20(27)23-14-5-2-1-3-6-14/h1-8,13,15H,9-12H2,(H,23,27). The highest BCUT2D eigenvalue weighted by molar-refractivity contribution is 6.34. The van der Waals surface area contributed by atoms with Crippen LogP contribution in [0.1, 0.15) is 18.9 Å². The third kappa shape index (κ3) is 3.53. The molecule has 138 valence electrons. The number of likely N-dealkylation sites (tertiary alicyclic amines) is 1. The number of rotatable bonds is 2. The van der Waals surface area contributed by atoms with Crippen LogP contribution in [0.3, 0.4) is 0 Å². The fraction of sp³-hybridized carbons (Fsp3) is 0.250. The highest BCUT2D eigenvalue weighted by atomic mass is 35.5. The third-order valence-electron chi connectivity index (χ3n) is 4.93. The van der Waals surface area contributed by atoms with Gasteiger partial charge in [0, 0.05) is 24.8 Å². The number of nitrogens with one attached hydrogen (secondary N) is 1. The second kappa shape index (κ2) is 7.40. The number of amides is 2. The van der Waals surface area contributed by atoms with E-state index in [1.807, 2.05) is 30.3 Å². The minimum absolute atomic E-state index is 0.0224. The van der Waals surface area contributed by atoms with E-state index >= 15 is 0 Å². The number of carbonyl (C=O) groups is 1. The van der Waals surface area contributed by atoms with Crippen LogP contribution in [0.5, 0.6) is 0 Å². The van der Waals surface area contributed by atoms with Crippen LogP contribution in [-0.2, 0) is 0 Å². The Morgan fingerprint density at radius 3 is 2.56 bits per heavy atom. The predicted molar refractivity (Wildman–Crippen MR) is 106 cm³/mol. The van der Waals surface area contributed by atoms with E-state index in [9.17, 15) is 9.59 Å². The van der Waals surface area contributed by atoms with Gasteiger partial charge in [0.2, 0.25) is 0 Å². The zero-order valence-electron chi connectivity index (χ0n) is 14.6. The lowest BCUT2D eigenvalue weighted by Crippen LogP contribution is -2.42. The van der Waals surface area contributed by atoms with E-state index in [1.165, 1.54) is 0 Å². The van der Waals surface area contributed by atoms with E-state index in [4.69, 9.17) is 11.6 Å². The summed E-state index contributed by atoms with van der Waals surface area (Å²) in [7, 11) is 0. The summed E-state index contributed by atoms with van der Waals surface area (Å²) in [6, 6.07) is 14.5. The molecule has 1 N–H and O–H groups in total. The number of anilines is 1. The van der Waals surface area contributed by atoms with Gasteiger partial charge in [-0.05, 0) is 37.1 Å². The number of para-hydroxylation sites is 2. The summed E-state index contributed by atoms with van der Waals surface area (Å²) in [4.78, 5) is 31.4. The van der Waals surface area contributed by atoms with Gasteiger partial charge in [0.05, 0.1) is 22.3 Å². The minimum Gasteiger partial charge on any atom is -0.324 e. The average Bonchev–Trinajstić information content (AvgIpc) is 2.70. The van der Waals surface area contributed by atoms with Gasteiger partial charge >= 0.3 is 6.03 Å². The SMILES string of the molecule is O=C(Nc1ccccc1)N1CCC(n2cnc3c(Cl)cccc3c2=O)CC1. The Balaban J connectivity index is 1.46. The van der Waals surface area contributed by atoms with Gasteiger partial charge in [0.25, 0.3) is 5.56 Å². The minimum atomic E-state index is -0.115. The maximum absolute atomic E-state index is 12.8. The van der Waals surface area contributed by atoms with Crippen molar-refractivity contribution in [3.05, 3.63) is 70.2 Å². The van der Waals surface area contributed by atoms with Gasteiger partial charge in [-0.2, -0.15) is 0 Å². The van der Waals surface area contributed by atoms with E-state index in [1.54, 1.807) is 34.0 Å². The zero-order valence-corrected chi connectivity index (χ0v) is 15.4. The molecule has 0 atom stereocenters. The van der Waals surface area contributed by atoms with E-state index in [-0.39, 0.29) is 17.6 Å². The largest absolute Gasteiger partial charge is 0.324 e. The van der Waals surface area contributed by atoms with Crippen molar-refractivity contribution in [3.8, 4) is 0 Å². The highest BCUT2D eigenvalue weighted by Gasteiger charge is 2.25. The van der Waals surface area contributed by atoms with Crippen molar-refractivity contribution in [1.82, 2.24) is 14.5 Å². The molecule has 7 heteroatoms. The van der Waals surface area contributed by atoms with Gasteiger partial charge in [0.1, 0.15) is 0 Å². The molecule has 1 aliphatic heterocycles. The fourth-order valence-electron chi connectivity index (χ4n) is 3.46. The maximum Gasteiger partial charge on any atom is 0.321 e. The number of fused-ring (bicyclic) bond motifs is 1. The quantitative estimate of drug-likeness (QED) is 0.730. The molecule has 3 aromatic rings. The van der Waals surface area contributed by atoms with Crippen LogP contribution in [0, 0.1) is 0 Å². The first-order chi connectivity index (χ1) is 13.1. The molecule has 2 aromatic carbocycles. The summed E-state index contributed by atoms with van der Waals surface area (Å²) in [5, 5.41) is 3.90. The molecule has 0 aliphatic carbocycles. The van der Waals surface area contributed by atoms with Gasteiger partial charge in [-0.25, -0.2) is 9.78 Å². The molecule has 4 rings (SSSR count). The molecule has 1 aliphatic rings. The Bertz CT molecular complexity index is 1030. The summed E-state index contributed by atoms with van der Waals surface area (Å²) in [5.41, 5.74) is 1.21. The normalized spacial score (nSPS) is 15.1. The van der Waals surface area contributed by atoms with Crippen LogP contribution in [0.25, 0.3) is 10.9 Å².